The van der Waals surface area contributed by atoms with Gasteiger partial charge in [0.1, 0.15) is 11.6 Å². The molecule has 0 heterocycles. The highest BCUT2D eigenvalue weighted by Gasteiger charge is 2.10. The molecule has 0 fully saturated rings. The lowest BCUT2D eigenvalue weighted by Gasteiger charge is -2.07. The van der Waals surface area contributed by atoms with Crippen molar-refractivity contribution in [3.05, 3.63) is 47.5 Å². The Labute approximate surface area is 153 Å². The highest BCUT2D eigenvalue weighted by Crippen LogP contribution is 2.18. The van der Waals surface area contributed by atoms with Crippen molar-refractivity contribution in [2.45, 2.75) is 27.7 Å². The number of hydrogen-bond acceptors (Lipinski definition) is 4. The average molecular weight is 356 g/mol. The molecule has 0 aliphatic carbocycles. The van der Waals surface area contributed by atoms with Gasteiger partial charge < -0.3 is 10.6 Å². The Morgan fingerprint density at radius 2 is 1.04 bits per heavy atom. The van der Waals surface area contributed by atoms with E-state index in [1.165, 1.54) is 13.8 Å². The van der Waals surface area contributed by atoms with Crippen LogP contribution in [0.5, 0.6) is 0 Å². The lowest BCUT2D eigenvalue weighted by Crippen LogP contribution is -2.28. The minimum atomic E-state index is -0.324. The number of nitrogens with one attached hydrogen (secondary N) is 2. The number of benzene rings is 2. The van der Waals surface area contributed by atoms with Gasteiger partial charge in [-0.1, -0.05) is 26.0 Å². The van der Waals surface area contributed by atoms with Gasteiger partial charge in [0.2, 0.25) is 0 Å². The summed E-state index contributed by atoms with van der Waals surface area (Å²) >= 11 is 0. The maximum atomic E-state index is 12.0. The van der Waals surface area contributed by atoms with Gasteiger partial charge in [-0.3, -0.25) is 19.2 Å². The van der Waals surface area contributed by atoms with E-state index < -0.39 is 0 Å². The summed E-state index contributed by atoms with van der Waals surface area (Å²) in [6, 6.07) is 10.1. The molecule has 0 atom stereocenters. The molecule has 6 nitrogen and oxygen atoms in total. The van der Waals surface area contributed by atoms with E-state index in [0.717, 1.165) is 10.8 Å². The van der Waals surface area contributed by atoms with Gasteiger partial charge in [0.05, 0.1) is 13.1 Å². The lowest BCUT2D eigenvalue weighted by atomic mass is 10.0. The summed E-state index contributed by atoms with van der Waals surface area (Å²) in [6.07, 6.45) is 0. The van der Waals surface area contributed by atoms with E-state index >= 15 is 0 Å². The number of amides is 2. The van der Waals surface area contributed by atoms with E-state index in [-0.39, 0.29) is 36.5 Å². The maximum Gasteiger partial charge on any atom is 0.251 e. The molecule has 2 aromatic rings. The molecule has 0 aliphatic heterocycles. The van der Waals surface area contributed by atoms with Crippen LogP contribution in [0, 0.1) is 0 Å². The predicted molar refractivity (Wildman–Crippen MR) is 101 cm³/mol. The van der Waals surface area contributed by atoms with Crippen LogP contribution in [0.25, 0.3) is 10.8 Å². The molecule has 2 amide bonds. The summed E-state index contributed by atoms with van der Waals surface area (Å²) in [5.74, 6) is -0.888. The first-order chi connectivity index (χ1) is 12.4. The molecule has 0 aromatic heterocycles. The van der Waals surface area contributed by atoms with Crippen molar-refractivity contribution in [2.24, 2.45) is 0 Å². The van der Waals surface area contributed by atoms with Gasteiger partial charge in [-0.25, -0.2) is 0 Å². The van der Waals surface area contributed by atoms with Gasteiger partial charge in [0.15, 0.2) is 0 Å². The largest absolute Gasteiger partial charge is 0.345 e. The van der Waals surface area contributed by atoms with Gasteiger partial charge in [0, 0.05) is 11.1 Å². The summed E-state index contributed by atoms with van der Waals surface area (Å²) < 4.78 is 0. The quantitative estimate of drug-likeness (QED) is 0.832. The standard InChI is InChI=1S/C18H18N2O4.C2H6/c1-11(21)9-19-17(23)15-5-3-14-8-16(6-4-13(14)7-15)18(24)20-10-12(2)22;1-2/h3-8H,9-10H2,1-2H3,(H,19,23)(H,20,24);1-2H3. The van der Waals surface area contributed by atoms with Crippen LogP contribution in [-0.2, 0) is 9.59 Å². The molecule has 138 valence electrons. The zero-order valence-corrected chi connectivity index (χ0v) is 15.5. The first kappa shape index (κ1) is 21.0. The maximum absolute atomic E-state index is 12.0. The molecule has 2 aromatic carbocycles. The van der Waals surface area contributed by atoms with Crippen LogP contribution in [0.1, 0.15) is 48.4 Å². The van der Waals surface area contributed by atoms with E-state index in [4.69, 9.17) is 0 Å². The highest BCUT2D eigenvalue weighted by molar-refractivity contribution is 6.03. The Morgan fingerprint density at radius 1 is 0.692 bits per heavy atom. The average Bonchev–Trinajstić information content (AvgIpc) is 2.64. The van der Waals surface area contributed by atoms with E-state index in [1.54, 1.807) is 36.4 Å². The molecule has 0 saturated heterocycles. The molecule has 0 aliphatic rings. The number of rotatable bonds is 6. The van der Waals surface area contributed by atoms with Crippen molar-refractivity contribution in [1.82, 2.24) is 10.6 Å². The molecule has 0 spiro atoms. The van der Waals surface area contributed by atoms with Crippen molar-refractivity contribution in [1.29, 1.82) is 0 Å². The molecule has 0 saturated carbocycles. The van der Waals surface area contributed by atoms with Crippen molar-refractivity contribution < 1.29 is 19.2 Å². The third-order valence-electron chi connectivity index (χ3n) is 3.36. The molecule has 2 rings (SSSR count). The Morgan fingerprint density at radius 3 is 1.35 bits per heavy atom. The fraction of sp³-hybridized carbons (Fsp3) is 0.300. The Bertz CT molecular complexity index is 758. The summed E-state index contributed by atoms with van der Waals surface area (Å²) in [4.78, 5) is 45.7. The SMILES string of the molecule is CC.CC(=O)CNC(=O)c1ccc2cc(C(=O)NCC(C)=O)ccc2c1. The second-order valence-corrected chi connectivity index (χ2v) is 5.55. The Hall–Kier alpha value is -3.02. The van der Waals surface area contributed by atoms with Gasteiger partial charge in [0.25, 0.3) is 11.8 Å². The van der Waals surface area contributed by atoms with Gasteiger partial charge in [-0.2, -0.15) is 0 Å². The Kier molecular flexibility index (Phi) is 8.15. The molecular formula is C20H24N2O4. The van der Waals surface area contributed by atoms with E-state index in [0.29, 0.717) is 11.1 Å². The third kappa shape index (κ3) is 6.12. The van der Waals surface area contributed by atoms with E-state index in [2.05, 4.69) is 10.6 Å². The smallest absolute Gasteiger partial charge is 0.251 e. The fourth-order valence-electron chi connectivity index (χ4n) is 2.14. The second-order valence-electron chi connectivity index (χ2n) is 5.55. The van der Waals surface area contributed by atoms with Crippen LogP contribution in [0.2, 0.25) is 0 Å². The summed E-state index contributed by atoms with van der Waals surface area (Å²) in [7, 11) is 0. The predicted octanol–water partition coefficient (Wildman–Crippen LogP) is 2.50. The van der Waals surface area contributed by atoms with Crippen LogP contribution in [0.3, 0.4) is 0 Å². The van der Waals surface area contributed by atoms with Crippen molar-refractivity contribution >= 4 is 34.2 Å². The number of carbonyl (C=O) groups excluding carboxylic acids is 4. The molecule has 26 heavy (non-hydrogen) atoms. The van der Waals surface area contributed by atoms with Gasteiger partial charge >= 0.3 is 0 Å². The Balaban J connectivity index is 0.00000163. The third-order valence-corrected chi connectivity index (χ3v) is 3.36. The lowest BCUT2D eigenvalue weighted by molar-refractivity contribution is -0.116. The van der Waals surface area contributed by atoms with E-state index in [9.17, 15) is 19.2 Å². The van der Waals surface area contributed by atoms with Crippen molar-refractivity contribution in [3.63, 3.8) is 0 Å². The molecule has 6 heteroatoms. The minimum Gasteiger partial charge on any atom is -0.345 e. The van der Waals surface area contributed by atoms with Gasteiger partial charge in [-0.15, -0.1) is 0 Å². The second kappa shape index (κ2) is 10.1. The van der Waals surface area contributed by atoms with Crippen molar-refractivity contribution in [3.8, 4) is 0 Å². The van der Waals surface area contributed by atoms with E-state index in [1.807, 2.05) is 13.8 Å². The van der Waals surface area contributed by atoms with Crippen LogP contribution in [-0.4, -0.2) is 36.5 Å². The molecule has 0 radical (unpaired) electrons. The minimum absolute atomic E-state index is 0.00781. The first-order valence-electron chi connectivity index (χ1n) is 8.46. The summed E-state index contributed by atoms with van der Waals surface area (Å²) in [5, 5.41) is 6.67. The highest BCUT2D eigenvalue weighted by atomic mass is 16.2. The van der Waals surface area contributed by atoms with Crippen LogP contribution in [0.4, 0.5) is 0 Å². The number of Topliss-reactive ketones (excluding diaryl/α,β-unsaturated/α-hetero) is 2. The van der Waals surface area contributed by atoms with Crippen LogP contribution >= 0.6 is 0 Å². The number of ketones is 2. The normalized spacial score (nSPS) is 9.69. The number of hydrogen-bond donors (Lipinski definition) is 2. The fourth-order valence-corrected chi connectivity index (χ4v) is 2.14. The first-order valence-corrected chi connectivity index (χ1v) is 8.46. The zero-order chi connectivity index (χ0) is 19.7. The van der Waals surface area contributed by atoms with Crippen LogP contribution < -0.4 is 10.6 Å². The zero-order valence-electron chi connectivity index (χ0n) is 15.5. The van der Waals surface area contributed by atoms with Gasteiger partial charge in [-0.05, 0) is 48.9 Å². The molecule has 2 N–H and O–H groups in total. The summed E-state index contributed by atoms with van der Waals surface area (Å²) in [5.41, 5.74) is 0.884. The monoisotopic (exact) mass is 356 g/mol. The molecule has 0 bridgehead atoms. The van der Waals surface area contributed by atoms with Crippen molar-refractivity contribution in [2.75, 3.05) is 13.1 Å². The number of carbonyl (C=O) groups is 4. The number of fused-ring (bicyclic) bond motifs is 1. The topological polar surface area (TPSA) is 92.3 Å². The summed E-state index contributed by atoms with van der Waals surface area (Å²) in [6.45, 7) is 6.79. The molecular weight excluding hydrogens is 332 g/mol. The van der Waals surface area contributed by atoms with Crippen LogP contribution in [0.15, 0.2) is 36.4 Å². The molecule has 0 unspecified atom stereocenters.